The second-order valence-corrected chi connectivity index (χ2v) is 4.26. The van der Waals surface area contributed by atoms with E-state index in [0.717, 1.165) is 34.9 Å². The zero-order valence-corrected chi connectivity index (χ0v) is 11.1. The molecule has 0 fully saturated rings. The molecule has 0 bridgehead atoms. The molecule has 0 aliphatic heterocycles. The first-order chi connectivity index (χ1) is 8.69. The fraction of sp³-hybridized carbons (Fsp3) is 0.357. The zero-order chi connectivity index (χ0) is 13.1. The van der Waals surface area contributed by atoms with Gasteiger partial charge in [0.05, 0.1) is 12.8 Å². The number of ether oxygens (including phenoxy) is 1. The van der Waals surface area contributed by atoms with Gasteiger partial charge in [-0.25, -0.2) is 4.98 Å². The van der Waals surface area contributed by atoms with Gasteiger partial charge in [-0.1, -0.05) is 12.1 Å². The smallest absolute Gasteiger partial charge is 0.128 e. The molecule has 1 aromatic carbocycles. The van der Waals surface area contributed by atoms with Crippen molar-refractivity contribution in [3.8, 4) is 17.0 Å². The Morgan fingerprint density at radius 1 is 1.33 bits per heavy atom. The van der Waals surface area contributed by atoms with Crippen LogP contribution < -0.4 is 10.5 Å². The normalized spacial score (nSPS) is 10.7. The predicted octanol–water partition coefficient (Wildman–Crippen LogP) is 1.91. The Balaban J connectivity index is 2.54. The summed E-state index contributed by atoms with van der Waals surface area (Å²) in [5.74, 6) is 1.86. The Bertz CT molecular complexity index is 546. The molecule has 0 spiro atoms. The molecule has 0 saturated heterocycles. The number of methoxy groups -OCH3 is 1. The van der Waals surface area contributed by atoms with Crippen LogP contribution in [0.4, 0.5) is 0 Å². The van der Waals surface area contributed by atoms with E-state index in [1.807, 2.05) is 31.3 Å². The molecule has 0 saturated carbocycles. The molecule has 2 N–H and O–H groups in total. The first-order valence-electron chi connectivity index (χ1n) is 6.04. The predicted molar refractivity (Wildman–Crippen MR) is 72.7 cm³/mol. The van der Waals surface area contributed by atoms with Crippen LogP contribution in [0.2, 0.25) is 0 Å². The number of nitrogens with zero attached hydrogens (tertiary/aromatic N) is 2. The van der Waals surface area contributed by atoms with E-state index >= 15 is 0 Å². The van der Waals surface area contributed by atoms with E-state index in [1.54, 1.807) is 7.11 Å². The highest BCUT2D eigenvalue weighted by atomic mass is 16.5. The highest BCUT2D eigenvalue weighted by molar-refractivity contribution is 5.69. The van der Waals surface area contributed by atoms with Crippen molar-refractivity contribution in [2.75, 3.05) is 13.7 Å². The van der Waals surface area contributed by atoms with E-state index in [1.165, 1.54) is 0 Å². The molecule has 0 radical (unpaired) electrons. The van der Waals surface area contributed by atoms with Gasteiger partial charge in [0.2, 0.25) is 0 Å². The number of aromatic nitrogens is 2. The monoisotopic (exact) mass is 245 g/mol. The Labute approximate surface area is 107 Å². The SMILES string of the molecule is COc1ccccc1-c1nc(CCN)n(C)c1C. The summed E-state index contributed by atoms with van der Waals surface area (Å²) in [6, 6.07) is 7.93. The van der Waals surface area contributed by atoms with E-state index in [9.17, 15) is 0 Å². The first-order valence-corrected chi connectivity index (χ1v) is 6.04. The van der Waals surface area contributed by atoms with E-state index in [2.05, 4.69) is 16.5 Å². The summed E-state index contributed by atoms with van der Waals surface area (Å²) in [6.45, 7) is 2.67. The Morgan fingerprint density at radius 2 is 2.06 bits per heavy atom. The minimum Gasteiger partial charge on any atom is -0.496 e. The number of rotatable bonds is 4. The third kappa shape index (κ3) is 2.11. The molecule has 2 aromatic rings. The Morgan fingerprint density at radius 3 is 2.72 bits per heavy atom. The van der Waals surface area contributed by atoms with E-state index in [4.69, 9.17) is 10.5 Å². The van der Waals surface area contributed by atoms with Gasteiger partial charge in [0.15, 0.2) is 0 Å². The maximum Gasteiger partial charge on any atom is 0.128 e. The molecule has 0 unspecified atom stereocenters. The molecule has 1 heterocycles. The van der Waals surface area contributed by atoms with Gasteiger partial charge in [-0.2, -0.15) is 0 Å². The van der Waals surface area contributed by atoms with Crippen LogP contribution in [0.15, 0.2) is 24.3 Å². The van der Waals surface area contributed by atoms with Gasteiger partial charge in [-0.15, -0.1) is 0 Å². The summed E-state index contributed by atoms with van der Waals surface area (Å²) in [5.41, 5.74) is 8.73. The zero-order valence-electron chi connectivity index (χ0n) is 11.1. The summed E-state index contributed by atoms with van der Waals surface area (Å²) in [7, 11) is 3.70. The van der Waals surface area contributed by atoms with Crippen LogP contribution in [-0.4, -0.2) is 23.2 Å². The molecule has 0 aliphatic rings. The highest BCUT2D eigenvalue weighted by Gasteiger charge is 2.15. The van der Waals surface area contributed by atoms with Gasteiger partial charge in [0, 0.05) is 24.7 Å². The lowest BCUT2D eigenvalue weighted by atomic mass is 10.1. The lowest BCUT2D eigenvalue weighted by molar-refractivity contribution is 0.416. The number of nitrogens with two attached hydrogens (primary N) is 1. The summed E-state index contributed by atoms with van der Waals surface area (Å²) >= 11 is 0. The van der Waals surface area contributed by atoms with Crippen molar-refractivity contribution in [3.05, 3.63) is 35.8 Å². The van der Waals surface area contributed by atoms with Crippen LogP contribution in [-0.2, 0) is 13.5 Å². The third-order valence-corrected chi connectivity index (χ3v) is 3.20. The van der Waals surface area contributed by atoms with Gasteiger partial charge in [0.25, 0.3) is 0 Å². The fourth-order valence-corrected chi connectivity index (χ4v) is 2.09. The summed E-state index contributed by atoms with van der Waals surface area (Å²) in [6.07, 6.45) is 0.784. The minimum absolute atomic E-state index is 0.607. The van der Waals surface area contributed by atoms with Crippen LogP contribution in [0.5, 0.6) is 5.75 Å². The molecular formula is C14H19N3O. The molecule has 96 valence electrons. The molecule has 1 aromatic heterocycles. The summed E-state index contributed by atoms with van der Waals surface area (Å²) in [4.78, 5) is 4.68. The minimum atomic E-state index is 0.607. The standard InChI is InChI=1S/C14H19N3O/c1-10-14(16-13(8-9-15)17(10)2)11-6-4-5-7-12(11)18-3/h4-7H,8-9,15H2,1-3H3. The lowest BCUT2D eigenvalue weighted by Gasteiger charge is -2.06. The lowest BCUT2D eigenvalue weighted by Crippen LogP contribution is -2.08. The van der Waals surface area contributed by atoms with Gasteiger partial charge >= 0.3 is 0 Å². The number of hydrogen-bond donors (Lipinski definition) is 1. The molecule has 4 nitrogen and oxygen atoms in total. The third-order valence-electron chi connectivity index (χ3n) is 3.20. The van der Waals surface area contributed by atoms with Crippen LogP contribution >= 0.6 is 0 Å². The maximum atomic E-state index is 5.61. The molecule has 0 aliphatic carbocycles. The van der Waals surface area contributed by atoms with E-state index in [0.29, 0.717) is 6.54 Å². The largest absolute Gasteiger partial charge is 0.496 e. The quantitative estimate of drug-likeness (QED) is 0.895. The van der Waals surface area contributed by atoms with Crippen molar-refractivity contribution in [3.63, 3.8) is 0 Å². The van der Waals surface area contributed by atoms with Crippen LogP contribution in [0.25, 0.3) is 11.3 Å². The average Bonchev–Trinajstić information content (AvgIpc) is 2.67. The van der Waals surface area contributed by atoms with Crippen LogP contribution in [0, 0.1) is 6.92 Å². The second kappa shape index (κ2) is 5.23. The molecule has 2 rings (SSSR count). The number of benzene rings is 1. The van der Waals surface area contributed by atoms with Gasteiger partial charge in [-0.05, 0) is 25.6 Å². The van der Waals surface area contributed by atoms with Crippen molar-refractivity contribution in [2.24, 2.45) is 12.8 Å². The molecule has 0 amide bonds. The topological polar surface area (TPSA) is 53.1 Å². The van der Waals surface area contributed by atoms with Crippen LogP contribution in [0.3, 0.4) is 0 Å². The maximum absolute atomic E-state index is 5.61. The molecule has 4 heteroatoms. The van der Waals surface area contributed by atoms with E-state index < -0.39 is 0 Å². The second-order valence-electron chi connectivity index (χ2n) is 4.26. The van der Waals surface area contributed by atoms with Gasteiger partial charge in [0.1, 0.15) is 11.6 Å². The average molecular weight is 245 g/mol. The fourth-order valence-electron chi connectivity index (χ4n) is 2.09. The van der Waals surface area contributed by atoms with Crippen molar-refractivity contribution >= 4 is 0 Å². The number of para-hydroxylation sites is 1. The number of hydrogen-bond acceptors (Lipinski definition) is 3. The van der Waals surface area contributed by atoms with Crippen molar-refractivity contribution in [1.29, 1.82) is 0 Å². The summed E-state index contributed by atoms with van der Waals surface area (Å²) in [5, 5.41) is 0. The highest BCUT2D eigenvalue weighted by Crippen LogP contribution is 2.31. The molecule has 18 heavy (non-hydrogen) atoms. The first kappa shape index (κ1) is 12.6. The number of imidazole rings is 1. The Hall–Kier alpha value is -1.81. The van der Waals surface area contributed by atoms with Crippen molar-refractivity contribution < 1.29 is 4.74 Å². The Kier molecular flexibility index (Phi) is 3.67. The van der Waals surface area contributed by atoms with Crippen LogP contribution in [0.1, 0.15) is 11.5 Å². The van der Waals surface area contributed by atoms with Gasteiger partial charge in [-0.3, -0.25) is 0 Å². The molecular weight excluding hydrogens is 226 g/mol. The van der Waals surface area contributed by atoms with E-state index in [-0.39, 0.29) is 0 Å². The van der Waals surface area contributed by atoms with Gasteiger partial charge < -0.3 is 15.0 Å². The van der Waals surface area contributed by atoms with Crippen molar-refractivity contribution in [2.45, 2.75) is 13.3 Å². The summed E-state index contributed by atoms with van der Waals surface area (Å²) < 4.78 is 7.48. The van der Waals surface area contributed by atoms with Crippen molar-refractivity contribution in [1.82, 2.24) is 9.55 Å². The molecule has 0 atom stereocenters.